The van der Waals surface area contributed by atoms with Crippen LogP contribution in [-0.2, 0) is 16.6 Å². The highest BCUT2D eigenvalue weighted by atomic mass is 32.2. The summed E-state index contributed by atoms with van der Waals surface area (Å²) in [6, 6.07) is 9.03. The molecule has 2 rings (SSSR count). The number of hydrogen-bond acceptors (Lipinski definition) is 5. The number of aromatic hydroxyl groups is 1. The lowest BCUT2D eigenvalue weighted by Gasteiger charge is -2.13. The van der Waals surface area contributed by atoms with Crippen molar-refractivity contribution in [1.82, 2.24) is 8.87 Å². The molecule has 1 N–H and O–H groups in total. The highest BCUT2D eigenvalue weighted by molar-refractivity contribution is 7.90. The second-order valence-electron chi connectivity index (χ2n) is 4.85. The molecule has 1 aromatic carbocycles. The third-order valence-electron chi connectivity index (χ3n) is 2.90. The molecule has 1 aromatic heterocycles. The Morgan fingerprint density at radius 3 is 2.33 bits per heavy atom. The monoisotopic (exact) mass is 308 g/mol. The molecule has 7 heteroatoms. The minimum Gasteiger partial charge on any atom is -0.503 e. The first kappa shape index (κ1) is 15.3. The van der Waals surface area contributed by atoms with Crippen LogP contribution in [0.25, 0.3) is 0 Å². The molecule has 0 aliphatic heterocycles. The number of benzene rings is 1. The second-order valence-corrected chi connectivity index (χ2v) is 6.66. The Bertz CT molecular complexity index is 795. The summed E-state index contributed by atoms with van der Waals surface area (Å²) in [4.78, 5) is 13.9. The van der Waals surface area contributed by atoms with E-state index in [1.807, 2.05) is 0 Å². The summed E-state index contributed by atoms with van der Waals surface area (Å²) in [7, 11) is -0.440. The zero-order valence-corrected chi connectivity index (χ0v) is 12.5. The lowest BCUT2D eigenvalue weighted by Crippen LogP contribution is -2.28. The Hall–Kier alpha value is -2.12. The third kappa shape index (κ3) is 2.98. The summed E-state index contributed by atoms with van der Waals surface area (Å²) < 4.78 is 25.3. The van der Waals surface area contributed by atoms with E-state index >= 15 is 0 Å². The number of rotatable bonds is 4. The molecule has 0 atom stereocenters. The highest BCUT2D eigenvalue weighted by Crippen LogP contribution is 2.16. The van der Waals surface area contributed by atoms with Gasteiger partial charge in [0.1, 0.15) is 0 Å². The molecule has 0 saturated heterocycles. The molecule has 0 amide bonds. The van der Waals surface area contributed by atoms with Crippen LogP contribution >= 0.6 is 0 Å². The van der Waals surface area contributed by atoms with Gasteiger partial charge in [0.05, 0.1) is 4.90 Å². The van der Waals surface area contributed by atoms with E-state index in [0.29, 0.717) is 16.1 Å². The lowest BCUT2D eigenvalue weighted by molar-refractivity contribution is 0.383. The number of aromatic nitrogens is 1. The molecule has 0 aliphatic carbocycles. The number of pyridine rings is 1. The van der Waals surface area contributed by atoms with Crippen molar-refractivity contribution in [3.8, 4) is 5.75 Å². The smallest absolute Gasteiger partial charge is 0.306 e. The maximum absolute atomic E-state index is 12.4. The van der Waals surface area contributed by atoms with Crippen molar-refractivity contribution in [3.05, 3.63) is 58.5 Å². The Morgan fingerprint density at radius 2 is 1.76 bits per heavy atom. The van der Waals surface area contributed by atoms with Crippen molar-refractivity contribution < 1.29 is 13.5 Å². The largest absolute Gasteiger partial charge is 0.503 e. The molecular weight excluding hydrogens is 292 g/mol. The van der Waals surface area contributed by atoms with E-state index in [0.717, 1.165) is 0 Å². The Kier molecular flexibility index (Phi) is 4.15. The van der Waals surface area contributed by atoms with Gasteiger partial charge in [-0.25, -0.2) is 12.4 Å². The molecule has 0 unspecified atom stereocenters. The van der Waals surface area contributed by atoms with Gasteiger partial charge in [-0.3, -0.25) is 4.79 Å². The summed E-state index contributed by atoms with van der Waals surface area (Å²) in [5.41, 5.74) is -0.567. The zero-order valence-electron chi connectivity index (χ0n) is 11.7. The van der Waals surface area contributed by atoms with Gasteiger partial charge < -0.3 is 10.0 Å². The van der Waals surface area contributed by atoms with Crippen molar-refractivity contribution >= 4 is 10.0 Å². The fourth-order valence-corrected chi connectivity index (χ4v) is 3.16. The summed E-state index contributed by atoms with van der Waals surface area (Å²) >= 11 is 0. The Morgan fingerprint density at radius 1 is 1.14 bits per heavy atom. The summed E-state index contributed by atoms with van der Waals surface area (Å²) in [6.07, 6.45) is 1.17. The average Bonchev–Trinajstić information content (AvgIpc) is 2.44. The molecule has 0 bridgehead atoms. The quantitative estimate of drug-likeness (QED) is 0.906. The van der Waals surface area contributed by atoms with Crippen LogP contribution in [0.3, 0.4) is 0 Å². The van der Waals surface area contributed by atoms with Crippen molar-refractivity contribution in [1.29, 1.82) is 0 Å². The van der Waals surface area contributed by atoms with Gasteiger partial charge >= 0.3 is 5.56 Å². The fourth-order valence-electron chi connectivity index (χ4n) is 1.91. The summed E-state index contributed by atoms with van der Waals surface area (Å²) in [5.74, 6) is -0.550. The van der Waals surface area contributed by atoms with Crippen LogP contribution in [0.1, 0.15) is 5.56 Å². The standard InChI is InChI=1S/C14H16N2O4S/c1-15(2)10-11-8-9-16(14(18)13(11)17)21(19,20)12-6-4-3-5-7-12/h3-9,17H,10H2,1-2H3. The van der Waals surface area contributed by atoms with Crippen LogP contribution in [0.15, 0.2) is 52.3 Å². The van der Waals surface area contributed by atoms with Crippen LogP contribution in [0, 0.1) is 0 Å². The molecule has 1 heterocycles. The van der Waals surface area contributed by atoms with E-state index in [4.69, 9.17) is 0 Å². The lowest BCUT2D eigenvalue weighted by atomic mass is 10.2. The van der Waals surface area contributed by atoms with Gasteiger partial charge in [0.25, 0.3) is 10.0 Å². The second kappa shape index (κ2) is 5.71. The van der Waals surface area contributed by atoms with E-state index in [1.54, 1.807) is 37.2 Å². The van der Waals surface area contributed by atoms with Crippen LogP contribution in [-0.4, -0.2) is 36.5 Å². The van der Waals surface area contributed by atoms with Gasteiger partial charge in [0, 0.05) is 18.3 Å². The zero-order chi connectivity index (χ0) is 15.6. The minimum absolute atomic E-state index is 0.00754. The van der Waals surface area contributed by atoms with Gasteiger partial charge in [-0.2, -0.15) is 0 Å². The van der Waals surface area contributed by atoms with E-state index in [2.05, 4.69) is 0 Å². The first-order chi connectivity index (χ1) is 9.84. The van der Waals surface area contributed by atoms with Crippen molar-refractivity contribution in [2.75, 3.05) is 14.1 Å². The third-order valence-corrected chi connectivity index (χ3v) is 4.58. The maximum atomic E-state index is 12.4. The van der Waals surface area contributed by atoms with E-state index in [1.165, 1.54) is 24.4 Å². The van der Waals surface area contributed by atoms with Gasteiger partial charge in [-0.15, -0.1) is 0 Å². The van der Waals surface area contributed by atoms with Crippen molar-refractivity contribution in [2.45, 2.75) is 11.4 Å². The molecule has 2 aromatic rings. The van der Waals surface area contributed by atoms with E-state index in [9.17, 15) is 18.3 Å². The predicted octanol–water partition coefficient (Wildman–Crippen LogP) is 0.853. The highest BCUT2D eigenvalue weighted by Gasteiger charge is 2.20. The van der Waals surface area contributed by atoms with Gasteiger partial charge in [0.15, 0.2) is 5.75 Å². The Labute approximate surface area is 122 Å². The van der Waals surface area contributed by atoms with Crippen LogP contribution < -0.4 is 5.56 Å². The van der Waals surface area contributed by atoms with Gasteiger partial charge in [-0.1, -0.05) is 18.2 Å². The van der Waals surface area contributed by atoms with E-state index < -0.39 is 21.3 Å². The summed E-state index contributed by atoms with van der Waals surface area (Å²) in [5, 5.41) is 9.91. The SMILES string of the molecule is CN(C)Cc1ccn(S(=O)(=O)c2ccccc2)c(=O)c1O. The molecule has 0 spiro atoms. The number of nitrogens with zero attached hydrogens (tertiary/aromatic N) is 2. The number of hydrogen-bond donors (Lipinski definition) is 1. The molecule has 21 heavy (non-hydrogen) atoms. The van der Waals surface area contributed by atoms with Crippen LogP contribution in [0.4, 0.5) is 0 Å². The average molecular weight is 308 g/mol. The first-order valence-corrected chi connectivity index (χ1v) is 7.67. The van der Waals surface area contributed by atoms with Crippen molar-refractivity contribution in [2.24, 2.45) is 0 Å². The summed E-state index contributed by atoms with van der Waals surface area (Å²) in [6.45, 7) is 0.341. The van der Waals surface area contributed by atoms with Crippen molar-refractivity contribution in [3.63, 3.8) is 0 Å². The fraction of sp³-hybridized carbons (Fsp3) is 0.214. The molecular formula is C14H16N2O4S. The normalized spacial score (nSPS) is 11.8. The topological polar surface area (TPSA) is 79.6 Å². The molecule has 0 aliphatic rings. The van der Waals surface area contributed by atoms with E-state index in [-0.39, 0.29) is 4.90 Å². The maximum Gasteiger partial charge on any atom is 0.306 e. The molecule has 112 valence electrons. The predicted molar refractivity (Wildman–Crippen MR) is 78.8 cm³/mol. The molecule has 0 saturated carbocycles. The van der Waals surface area contributed by atoms with Crippen LogP contribution in [0.5, 0.6) is 5.75 Å². The molecule has 0 fully saturated rings. The van der Waals surface area contributed by atoms with Gasteiger partial charge in [-0.05, 0) is 32.3 Å². The molecule has 6 nitrogen and oxygen atoms in total. The van der Waals surface area contributed by atoms with Gasteiger partial charge in [0.2, 0.25) is 0 Å². The van der Waals surface area contributed by atoms with Crippen LogP contribution in [0.2, 0.25) is 0 Å². The first-order valence-electron chi connectivity index (χ1n) is 6.23. The molecule has 0 radical (unpaired) electrons. The Balaban J connectivity index is 2.57. The minimum atomic E-state index is -4.01.